The maximum absolute atomic E-state index is 10.1. The van der Waals surface area contributed by atoms with Crippen molar-refractivity contribution >= 4 is 0 Å². The van der Waals surface area contributed by atoms with Crippen LogP contribution in [0, 0.1) is 0 Å². The van der Waals surface area contributed by atoms with Gasteiger partial charge in [0.2, 0.25) is 0 Å². The first kappa shape index (κ1) is 14.2. The van der Waals surface area contributed by atoms with Crippen LogP contribution < -0.4 is 0 Å². The Balaban J connectivity index is 1.91. The van der Waals surface area contributed by atoms with Gasteiger partial charge in [-0.2, -0.15) is 0 Å². The van der Waals surface area contributed by atoms with Crippen LogP contribution in [0.2, 0.25) is 0 Å². The zero-order valence-electron chi connectivity index (χ0n) is 11.2. The maximum Gasteiger partial charge on any atom is 0.190 e. The molecule has 2 aliphatic rings. The summed E-state index contributed by atoms with van der Waals surface area (Å²) in [4.78, 5) is 0. The summed E-state index contributed by atoms with van der Waals surface area (Å²) in [6, 6.07) is 0. The van der Waals surface area contributed by atoms with Crippen LogP contribution in [0.3, 0.4) is 0 Å². The van der Waals surface area contributed by atoms with Crippen LogP contribution in [0.4, 0.5) is 0 Å². The quantitative estimate of drug-likeness (QED) is 0.743. The minimum Gasteiger partial charge on any atom is -0.388 e. The second-order valence-corrected chi connectivity index (χ2v) is 5.51. The van der Waals surface area contributed by atoms with Crippen molar-refractivity contribution in [1.29, 1.82) is 0 Å². The van der Waals surface area contributed by atoms with E-state index in [1.807, 2.05) is 13.8 Å². The number of aliphatic hydroxyl groups is 2. The molecule has 5 atom stereocenters. The van der Waals surface area contributed by atoms with Gasteiger partial charge in [0.05, 0.1) is 12.7 Å². The van der Waals surface area contributed by atoms with E-state index in [1.165, 1.54) is 0 Å². The minimum absolute atomic E-state index is 0.0177. The largest absolute Gasteiger partial charge is 0.388 e. The first-order chi connectivity index (χ1) is 8.30. The number of hydrogen-bond acceptors (Lipinski definition) is 6. The van der Waals surface area contributed by atoms with E-state index in [0.717, 1.165) is 0 Å². The summed E-state index contributed by atoms with van der Waals surface area (Å²) >= 11 is 0. The van der Waals surface area contributed by atoms with Gasteiger partial charge >= 0.3 is 0 Å². The molecule has 0 aliphatic carbocycles. The standard InChI is InChI=1S/C12H22O6/c1-6(2)15-5-7(13)9-8(14)10-11(16-9)18-12(3,4)17-10/h6-11,13-14H,5H2,1-4H3. The predicted octanol–water partition coefficient (Wildman–Crippen LogP) is 0.00960. The lowest BCUT2D eigenvalue weighted by atomic mass is 10.1. The van der Waals surface area contributed by atoms with Crippen molar-refractivity contribution in [3.8, 4) is 0 Å². The third-order valence-corrected chi connectivity index (χ3v) is 3.03. The highest BCUT2D eigenvalue weighted by atomic mass is 16.8. The number of rotatable bonds is 4. The Morgan fingerprint density at radius 2 is 1.94 bits per heavy atom. The van der Waals surface area contributed by atoms with Crippen molar-refractivity contribution in [2.75, 3.05) is 6.61 Å². The summed E-state index contributed by atoms with van der Waals surface area (Å²) in [7, 11) is 0. The molecule has 6 heteroatoms. The normalized spacial score (nSPS) is 40.2. The molecule has 0 radical (unpaired) electrons. The highest BCUT2D eigenvalue weighted by molar-refractivity contribution is 4.95. The van der Waals surface area contributed by atoms with Gasteiger partial charge in [0, 0.05) is 0 Å². The van der Waals surface area contributed by atoms with E-state index in [-0.39, 0.29) is 12.7 Å². The van der Waals surface area contributed by atoms with Crippen LogP contribution in [-0.4, -0.2) is 59.4 Å². The van der Waals surface area contributed by atoms with Crippen molar-refractivity contribution in [2.45, 2.75) is 70.3 Å². The minimum atomic E-state index is -0.914. The van der Waals surface area contributed by atoms with Gasteiger partial charge in [-0.1, -0.05) is 0 Å². The average Bonchev–Trinajstić information content (AvgIpc) is 2.70. The number of fused-ring (bicyclic) bond motifs is 1. The van der Waals surface area contributed by atoms with E-state index < -0.39 is 36.5 Å². The summed E-state index contributed by atoms with van der Waals surface area (Å²) in [5, 5.41) is 20.0. The second kappa shape index (κ2) is 5.03. The lowest BCUT2D eigenvalue weighted by Gasteiger charge is -2.26. The van der Waals surface area contributed by atoms with Gasteiger partial charge in [0.1, 0.15) is 24.4 Å². The molecule has 0 aromatic rings. The van der Waals surface area contributed by atoms with Gasteiger partial charge in [-0.3, -0.25) is 0 Å². The van der Waals surface area contributed by atoms with Crippen molar-refractivity contribution < 1.29 is 29.2 Å². The molecule has 0 aromatic heterocycles. The smallest absolute Gasteiger partial charge is 0.190 e. The van der Waals surface area contributed by atoms with E-state index in [4.69, 9.17) is 18.9 Å². The molecule has 0 bridgehead atoms. The molecule has 18 heavy (non-hydrogen) atoms. The molecule has 2 heterocycles. The zero-order valence-corrected chi connectivity index (χ0v) is 11.2. The molecule has 6 nitrogen and oxygen atoms in total. The Labute approximate surface area is 107 Å². The van der Waals surface area contributed by atoms with Crippen molar-refractivity contribution in [2.24, 2.45) is 0 Å². The Hall–Kier alpha value is -0.240. The Bertz CT molecular complexity index is 292. The van der Waals surface area contributed by atoms with Crippen LogP contribution in [-0.2, 0) is 18.9 Å². The highest BCUT2D eigenvalue weighted by Gasteiger charge is 2.55. The molecule has 5 unspecified atom stereocenters. The van der Waals surface area contributed by atoms with Crippen LogP contribution in [0.1, 0.15) is 27.7 Å². The predicted molar refractivity (Wildman–Crippen MR) is 61.8 cm³/mol. The maximum atomic E-state index is 10.1. The van der Waals surface area contributed by atoms with Gasteiger partial charge in [0.25, 0.3) is 0 Å². The molecule has 2 fully saturated rings. The first-order valence-electron chi connectivity index (χ1n) is 6.29. The first-order valence-corrected chi connectivity index (χ1v) is 6.29. The molecule has 106 valence electrons. The molecule has 0 amide bonds. The topological polar surface area (TPSA) is 77.4 Å². The average molecular weight is 262 g/mol. The fourth-order valence-corrected chi connectivity index (χ4v) is 2.22. The Morgan fingerprint density at radius 3 is 2.50 bits per heavy atom. The summed E-state index contributed by atoms with van der Waals surface area (Å²) in [6.07, 6.45) is -3.72. The van der Waals surface area contributed by atoms with Gasteiger partial charge in [-0.05, 0) is 27.7 Å². The van der Waals surface area contributed by atoms with E-state index in [2.05, 4.69) is 0 Å². The third kappa shape index (κ3) is 2.84. The van der Waals surface area contributed by atoms with E-state index >= 15 is 0 Å². The Morgan fingerprint density at radius 1 is 1.28 bits per heavy atom. The van der Waals surface area contributed by atoms with Crippen LogP contribution >= 0.6 is 0 Å². The number of hydrogen-bond donors (Lipinski definition) is 2. The monoisotopic (exact) mass is 262 g/mol. The van der Waals surface area contributed by atoms with Crippen LogP contribution in [0.15, 0.2) is 0 Å². The fraction of sp³-hybridized carbons (Fsp3) is 1.00. The Kier molecular flexibility index (Phi) is 3.96. The lowest BCUT2D eigenvalue weighted by molar-refractivity contribution is -0.228. The van der Waals surface area contributed by atoms with Crippen LogP contribution in [0.5, 0.6) is 0 Å². The van der Waals surface area contributed by atoms with E-state index in [1.54, 1.807) is 13.8 Å². The molecular weight excluding hydrogens is 240 g/mol. The van der Waals surface area contributed by atoms with Gasteiger partial charge in [-0.25, -0.2) is 0 Å². The van der Waals surface area contributed by atoms with Crippen LogP contribution in [0.25, 0.3) is 0 Å². The molecule has 2 aliphatic heterocycles. The lowest BCUT2D eigenvalue weighted by Crippen LogP contribution is -2.43. The number of ether oxygens (including phenoxy) is 4. The molecule has 2 N–H and O–H groups in total. The zero-order chi connectivity index (χ0) is 13.5. The molecule has 2 rings (SSSR count). The summed E-state index contributed by atoms with van der Waals surface area (Å²) in [6.45, 7) is 7.38. The van der Waals surface area contributed by atoms with E-state index in [9.17, 15) is 10.2 Å². The summed E-state index contributed by atoms with van der Waals surface area (Å²) in [5.74, 6) is -0.763. The highest BCUT2D eigenvalue weighted by Crippen LogP contribution is 2.38. The molecular formula is C12H22O6. The number of aliphatic hydroxyl groups excluding tert-OH is 2. The molecule has 0 aromatic carbocycles. The van der Waals surface area contributed by atoms with Crippen molar-refractivity contribution in [3.05, 3.63) is 0 Å². The van der Waals surface area contributed by atoms with Gasteiger partial charge in [0.15, 0.2) is 12.1 Å². The molecule has 0 spiro atoms. The summed E-state index contributed by atoms with van der Waals surface area (Å²) in [5.41, 5.74) is 0. The second-order valence-electron chi connectivity index (χ2n) is 5.51. The third-order valence-electron chi connectivity index (χ3n) is 3.03. The summed E-state index contributed by atoms with van der Waals surface area (Å²) < 4.78 is 21.8. The molecule has 2 saturated heterocycles. The van der Waals surface area contributed by atoms with Crippen molar-refractivity contribution in [3.63, 3.8) is 0 Å². The van der Waals surface area contributed by atoms with E-state index in [0.29, 0.717) is 0 Å². The fourth-order valence-electron chi connectivity index (χ4n) is 2.22. The van der Waals surface area contributed by atoms with Crippen molar-refractivity contribution in [1.82, 2.24) is 0 Å². The van der Waals surface area contributed by atoms with Gasteiger partial charge < -0.3 is 29.2 Å². The molecule has 0 saturated carbocycles. The SMILES string of the molecule is CC(C)OCC(O)C1OC2OC(C)(C)OC2C1O. The van der Waals surface area contributed by atoms with Gasteiger partial charge in [-0.15, -0.1) is 0 Å².